The monoisotopic (exact) mass is 466 g/mol. The zero-order chi connectivity index (χ0) is 22.8. The number of rotatable bonds is 5. The van der Waals surface area contributed by atoms with Crippen molar-refractivity contribution in [2.45, 2.75) is 43.4 Å². The molecule has 1 fully saturated rings. The maximum atomic E-state index is 13.2. The van der Waals surface area contributed by atoms with Crippen LogP contribution in [0.4, 0.5) is 5.69 Å². The molecule has 1 N–H and O–H groups in total. The van der Waals surface area contributed by atoms with E-state index in [0.717, 1.165) is 36.8 Å². The molecular formula is C24H26N4O4S. The number of anilines is 1. The molecule has 2 heterocycles. The second kappa shape index (κ2) is 9.07. The van der Waals surface area contributed by atoms with E-state index >= 15 is 0 Å². The van der Waals surface area contributed by atoms with Crippen molar-refractivity contribution in [2.24, 2.45) is 5.92 Å². The van der Waals surface area contributed by atoms with Crippen molar-refractivity contribution in [3.8, 4) is 11.5 Å². The van der Waals surface area contributed by atoms with E-state index < -0.39 is 10.0 Å². The highest BCUT2D eigenvalue weighted by atomic mass is 32.2. The lowest BCUT2D eigenvalue weighted by Crippen LogP contribution is -2.41. The summed E-state index contributed by atoms with van der Waals surface area (Å²) < 4.78 is 33.1. The number of fused-ring (bicyclic) bond motifs is 1. The summed E-state index contributed by atoms with van der Waals surface area (Å²) in [6, 6.07) is 12.8. The van der Waals surface area contributed by atoms with Crippen molar-refractivity contribution in [3.05, 3.63) is 60.0 Å². The van der Waals surface area contributed by atoms with Gasteiger partial charge in [-0.3, -0.25) is 4.79 Å². The van der Waals surface area contributed by atoms with Crippen LogP contribution in [-0.2, 0) is 27.7 Å². The third-order valence-electron chi connectivity index (χ3n) is 6.52. The van der Waals surface area contributed by atoms with Gasteiger partial charge in [0.2, 0.25) is 28.2 Å². The molecule has 0 unspecified atom stereocenters. The average Bonchev–Trinajstić information content (AvgIpc) is 3.39. The Morgan fingerprint density at radius 3 is 2.58 bits per heavy atom. The quantitative estimate of drug-likeness (QED) is 0.615. The fourth-order valence-electron chi connectivity index (χ4n) is 4.65. The lowest BCUT2D eigenvalue weighted by molar-refractivity contribution is -0.120. The van der Waals surface area contributed by atoms with E-state index in [0.29, 0.717) is 42.4 Å². The van der Waals surface area contributed by atoms with Crippen molar-refractivity contribution in [1.29, 1.82) is 0 Å². The average molecular weight is 467 g/mol. The standard InChI is InChI=1S/C24H26N4O4S/c29-23(26-21-7-3-6-20(14-21)24-27-25-16-32-24)18-10-12-28(13-11-18)33(30,31)22-9-8-17-4-1-2-5-19(17)15-22/h3,6-9,14-16,18H,1-2,4-5,10-13H2,(H,26,29). The highest BCUT2D eigenvalue weighted by Gasteiger charge is 2.32. The molecule has 5 rings (SSSR count). The van der Waals surface area contributed by atoms with E-state index in [2.05, 4.69) is 15.5 Å². The van der Waals surface area contributed by atoms with E-state index in [1.165, 1.54) is 16.3 Å². The largest absolute Gasteiger partial charge is 0.423 e. The molecule has 2 aliphatic rings. The highest BCUT2D eigenvalue weighted by Crippen LogP contribution is 2.29. The fraction of sp³-hybridized carbons (Fsp3) is 0.375. The summed E-state index contributed by atoms with van der Waals surface area (Å²) in [5, 5.41) is 10.5. The summed E-state index contributed by atoms with van der Waals surface area (Å²) in [7, 11) is -3.56. The second-order valence-electron chi connectivity index (χ2n) is 8.63. The maximum Gasteiger partial charge on any atom is 0.247 e. The zero-order valence-corrected chi connectivity index (χ0v) is 19.1. The SMILES string of the molecule is O=C(Nc1cccc(-c2nnco2)c1)C1CCN(S(=O)(=O)c2ccc3c(c2)CCCC3)CC1. The molecule has 1 saturated heterocycles. The number of carbonyl (C=O) groups excluding carboxylic acids is 1. The van der Waals surface area contributed by atoms with Gasteiger partial charge in [-0.25, -0.2) is 8.42 Å². The number of nitrogens with one attached hydrogen (secondary N) is 1. The first kappa shape index (κ1) is 21.8. The Bertz CT molecular complexity index is 1250. The summed E-state index contributed by atoms with van der Waals surface area (Å²) in [5.41, 5.74) is 3.77. The predicted molar refractivity (Wildman–Crippen MR) is 123 cm³/mol. The van der Waals surface area contributed by atoms with Gasteiger partial charge in [-0.1, -0.05) is 12.1 Å². The maximum absolute atomic E-state index is 13.2. The molecule has 1 aliphatic heterocycles. The Balaban J connectivity index is 1.22. The summed E-state index contributed by atoms with van der Waals surface area (Å²) in [5.74, 6) is 0.0299. The van der Waals surface area contributed by atoms with Gasteiger partial charge in [0.05, 0.1) is 4.90 Å². The number of hydrogen-bond donors (Lipinski definition) is 1. The summed E-state index contributed by atoms with van der Waals surface area (Å²) in [6.45, 7) is 0.666. The molecule has 2 aromatic carbocycles. The first-order chi connectivity index (χ1) is 16.0. The number of nitrogens with zero attached hydrogens (tertiary/aromatic N) is 3. The highest BCUT2D eigenvalue weighted by molar-refractivity contribution is 7.89. The Labute approximate surface area is 193 Å². The smallest absolute Gasteiger partial charge is 0.247 e. The number of aromatic nitrogens is 2. The van der Waals surface area contributed by atoms with E-state index in [4.69, 9.17) is 4.42 Å². The number of benzene rings is 2. The van der Waals surface area contributed by atoms with Gasteiger partial charge in [-0.05, 0) is 80.0 Å². The van der Waals surface area contributed by atoms with Crippen molar-refractivity contribution >= 4 is 21.6 Å². The summed E-state index contributed by atoms with van der Waals surface area (Å²) in [4.78, 5) is 13.2. The number of aryl methyl sites for hydroxylation is 2. The molecule has 0 bridgehead atoms. The van der Waals surface area contributed by atoms with Crippen LogP contribution in [0.15, 0.2) is 58.2 Å². The van der Waals surface area contributed by atoms with Gasteiger partial charge in [-0.2, -0.15) is 4.31 Å². The van der Waals surface area contributed by atoms with Crippen LogP contribution in [-0.4, -0.2) is 41.9 Å². The number of amides is 1. The Morgan fingerprint density at radius 2 is 1.82 bits per heavy atom. The third-order valence-corrected chi connectivity index (χ3v) is 8.41. The Kier molecular flexibility index (Phi) is 5.99. The van der Waals surface area contributed by atoms with E-state index in [1.807, 2.05) is 24.3 Å². The summed E-state index contributed by atoms with van der Waals surface area (Å²) in [6.07, 6.45) is 6.46. The van der Waals surface area contributed by atoms with E-state index in [1.54, 1.807) is 18.2 Å². The van der Waals surface area contributed by atoms with Crippen LogP contribution in [0.1, 0.15) is 36.8 Å². The van der Waals surface area contributed by atoms with Crippen molar-refractivity contribution in [1.82, 2.24) is 14.5 Å². The van der Waals surface area contributed by atoms with Gasteiger partial charge in [0.25, 0.3) is 0 Å². The van der Waals surface area contributed by atoms with Gasteiger partial charge < -0.3 is 9.73 Å². The van der Waals surface area contributed by atoms with Crippen molar-refractivity contribution in [2.75, 3.05) is 18.4 Å². The van der Waals surface area contributed by atoms with E-state index in [-0.39, 0.29) is 11.8 Å². The normalized spacial score (nSPS) is 17.5. The second-order valence-corrected chi connectivity index (χ2v) is 10.6. The minimum atomic E-state index is -3.56. The van der Waals surface area contributed by atoms with Crippen molar-refractivity contribution < 1.29 is 17.6 Å². The zero-order valence-electron chi connectivity index (χ0n) is 18.2. The molecule has 0 spiro atoms. The van der Waals surface area contributed by atoms with Crippen LogP contribution in [0.5, 0.6) is 0 Å². The lowest BCUT2D eigenvalue weighted by atomic mass is 9.92. The van der Waals surface area contributed by atoms with Gasteiger partial charge in [0, 0.05) is 30.3 Å². The molecule has 1 aromatic heterocycles. The molecule has 0 radical (unpaired) electrons. The minimum Gasteiger partial charge on any atom is -0.423 e. The Morgan fingerprint density at radius 1 is 1.03 bits per heavy atom. The molecule has 0 saturated carbocycles. The first-order valence-corrected chi connectivity index (χ1v) is 12.7. The Hall–Kier alpha value is -3.04. The molecule has 0 atom stereocenters. The lowest BCUT2D eigenvalue weighted by Gasteiger charge is -2.31. The summed E-state index contributed by atoms with van der Waals surface area (Å²) >= 11 is 0. The van der Waals surface area contributed by atoms with Crippen molar-refractivity contribution in [3.63, 3.8) is 0 Å². The number of hydrogen-bond acceptors (Lipinski definition) is 6. The first-order valence-electron chi connectivity index (χ1n) is 11.3. The molecule has 1 aliphatic carbocycles. The fourth-order valence-corrected chi connectivity index (χ4v) is 6.17. The molecule has 9 heteroatoms. The number of carbonyl (C=O) groups is 1. The molecule has 1 amide bonds. The topological polar surface area (TPSA) is 105 Å². The number of piperidine rings is 1. The molecule has 33 heavy (non-hydrogen) atoms. The predicted octanol–water partition coefficient (Wildman–Crippen LogP) is 3.65. The third kappa shape index (κ3) is 4.56. The van der Waals surface area contributed by atoms with Gasteiger partial charge in [0.1, 0.15) is 0 Å². The van der Waals surface area contributed by atoms with Gasteiger partial charge in [-0.15, -0.1) is 10.2 Å². The molecule has 8 nitrogen and oxygen atoms in total. The minimum absolute atomic E-state index is 0.108. The number of sulfonamides is 1. The molecular weight excluding hydrogens is 440 g/mol. The van der Waals surface area contributed by atoms with Crippen LogP contribution in [0, 0.1) is 5.92 Å². The molecule has 172 valence electrons. The van der Waals surface area contributed by atoms with Gasteiger partial charge >= 0.3 is 0 Å². The van der Waals surface area contributed by atoms with Gasteiger partial charge in [0.15, 0.2) is 0 Å². The van der Waals surface area contributed by atoms with Crippen LogP contribution >= 0.6 is 0 Å². The van der Waals surface area contributed by atoms with Crippen LogP contribution in [0.2, 0.25) is 0 Å². The van der Waals surface area contributed by atoms with E-state index in [9.17, 15) is 13.2 Å². The van der Waals surface area contributed by atoms with Crippen LogP contribution in [0.3, 0.4) is 0 Å². The van der Waals surface area contributed by atoms with Crippen LogP contribution < -0.4 is 5.32 Å². The van der Waals surface area contributed by atoms with Crippen LogP contribution in [0.25, 0.3) is 11.5 Å². The molecule has 3 aromatic rings.